The molecule has 0 radical (unpaired) electrons. The summed E-state index contributed by atoms with van der Waals surface area (Å²) in [5, 5.41) is 1.18. The molecule has 16 heavy (non-hydrogen) atoms. The van der Waals surface area contributed by atoms with Crippen LogP contribution in [0, 0.1) is 6.57 Å². The van der Waals surface area contributed by atoms with E-state index in [0.29, 0.717) is 5.69 Å². The fraction of sp³-hybridized carbons (Fsp3) is 0.308. The van der Waals surface area contributed by atoms with E-state index in [-0.39, 0.29) is 6.04 Å². The van der Waals surface area contributed by atoms with E-state index in [2.05, 4.69) is 9.83 Å². The molecule has 0 bridgehead atoms. The van der Waals surface area contributed by atoms with Crippen molar-refractivity contribution in [3.63, 3.8) is 0 Å². The maximum absolute atomic E-state index is 7.04. The number of rotatable bonds is 0. The molecule has 3 nitrogen and oxygen atoms in total. The molecule has 3 rings (SSSR count). The van der Waals surface area contributed by atoms with Crippen LogP contribution in [0.2, 0.25) is 0 Å². The smallest absolute Gasteiger partial charge is 0.187 e. The number of nitrogens with zero attached hydrogens (tertiary/aromatic N) is 1. The second-order valence-corrected chi connectivity index (χ2v) is 4.36. The zero-order chi connectivity index (χ0) is 11.1. The second-order valence-electron chi connectivity index (χ2n) is 4.36. The highest BCUT2D eigenvalue weighted by atomic mass is 14.8. The van der Waals surface area contributed by atoms with E-state index >= 15 is 0 Å². The molecular weight excluding hydrogens is 198 g/mol. The average molecular weight is 211 g/mol. The minimum absolute atomic E-state index is 0.132. The maximum atomic E-state index is 7.04. The fourth-order valence-electron chi connectivity index (χ4n) is 2.55. The maximum Gasteiger partial charge on any atom is 0.187 e. The summed E-state index contributed by atoms with van der Waals surface area (Å²) in [5.74, 6) is 0. The summed E-state index contributed by atoms with van der Waals surface area (Å²) in [4.78, 5) is 6.86. The van der Waals surface area contributed by atoms with Gasteiger partial charge in [-0.3, -0.25) is 0 Å². The third-order valence-corrected chi connectivity index (χ3v) is 3.36. The molecule has 2 aromatic rings. The van der Waals surface area contributed by atoms with Gasteiger partial charge in [-0.05, 0) is 42.3 Å². The van der Waals surface area contributed by atoms with Gasteiger partial charge in [0.15, 0.2) is 5.69 Å². The van der Waals surface area contributed by atoms with Gasteiger partial charge in [0.1, 0.15) is 0 Å². The SMILES string of the molecule is [C-]#[N+]c1ccc2[nH]c3c(c2c1)CCCC3N. The lowest BCUT2D eigenvalue weighted by atomic mass is 9.92. The molecule has 0 amide bonds. The van der Waals surface area contributed by atoms with E-state index in [1.165, 1.54) is 16.6 Å². The summed E-state index contributed by atoms with van der Waals surface area (Å²) in [6.07, 6.45) is 3.27. The van der Waals surface area contributed by atoms with Crippen LogP contribution in [0.15, 0.2) is 18.2 Å². The topological polar surface area (TPSA) is 46.2 Å². The van der Waals surface area contributed by atoms with Crippen molar-refractivity contribution < 1.29 is 0 Å². The number of aromatic amines is 1. The van der Waals surface area contributed by atoms with Gasteiger partial charge in [-0.1, -0.05) is 6.07 Å². The molecular formula is C13H13N3. The molecule has 0 spiro atoms. The number of H-pyrrole nitrogens is 1. The molecule has 0 saturated heterocycles. The Hall–Kier alpha value is -1.79. The molecule has 0 fully saturated rings. The number of nitrogens with one attached hydrogen (secondary N) is 1. The van der Waals surface area contributed by atoms with Crippen molar-refractivity contribution in [1.82, 2.24) is 4.98 Å². The van der Waals surface area contributed by atoms with Crippen LogP contribution in [-0.4, -0.2) is 4.98 Å². The molecule has 0 saturated carbocycles. The van der Waals surface area contributed by atoms with Crippen molar-refractivity contribution >= 4 is 16.6 Å². The summed E-state index contributed by atoms with van der Waals surface area (Å²) in [6, 6.07) is 5.93. The van der Waals surface area contributed by atoms with Crippen LogP contribution in [0.3, 0.4) is 0 Å². The molecule has 3 N–H and O–H groups in total. The summed E-state index contributed by atoms with van der Waals surface area (Å²) in [7, 11) is 0. The van der Waals surface area contributed by atoms with Gasteiger partial charge in [0.25, 0.3) is 0 Å². The van der Waals surface area contributed by atoms with E-state index in [9.17, 15) is 0 Å². The zero-order valence-corrected chi connectivity index (χ0v) is 8.96. The lowest BCUT2D eigenvalue weighted by molar-refractivity contribution is 0.562. The van der Waals surface area contributed by atoms with Crippen molar-refractivity contribution in [3.8, 4) is 0 Å². The van der Waals surface area contributed by atoms with Crippen LogP contribution < -0.4 is 5.73 Å². The van der Waals surface area contributed by atoms with Gasteiger partial charge < -0.3 is 10.7 Å². The van der Waals surface area contributed by atoms with Crippen LogP contribution in [0.1, 0.15) is 30.1 Å². The normalized spacial score (nSPS) is 19.4. The number of hydrogen-bond donors (Lipinski definition) is 2. The molecule has 3 heteroatoms. The molecule has 1 aromatic carbocycles. The zero-order valence-electron chi connectivity index (χ0n) is 8.96. The van der Waals surface area contributed by atoms with Crippen molar-refractivity contribution in [1.29, 1.82) is 0 Å². The van der Waals surface area contributed by atoms with Gasteiger partial charge in [0.05, 0.1) is 6.57 Å². The molecule has 0 aliphatic heterocycles. The molecule has 1 unspecified atom stereocenters. The Morgan fingerprint density at radius 1 is 1.44 bits per heavy atom. The van der Waals surface area contributed by atoms with Gasteiger partial charge in [-0.25, -0.2) is 4.85 Å². The van der Waals surface area contributed by atoms with Crippen molar-refractivity contribution in [2.24, 2.45) is 5.73 Å². The van der Waals surface area contributed by atoms with E-state index in [1.54, 1.807) is 0 Å². The Balaban J connectivity index is 2.30. The Morgan fingerprint density at radius 3 is 3.12 bits per heavy atom. The van der Waals surface area contributed by atoms with Crippen molar-refractivity contribution in [2.45, 2.75) is 25.3 Å². The standard InChI is InChI=1S/C13H13N3/c1-15-8-5-6-12-10(7-8)9-3-2-4-11(14)13(9)16-12/h5-7,11,16H,2-4,14H2. The van der Waals surface area contributed by atoms with E-state index < -0.39 is 0 Å². The summed E-state index contributed by atoms with van der Waals surface area (Å²) in [5.41, 5.74) is 10.4. The number of benzene rings is 1. The van der Waals surface area contributed by atoms with Crippen LogP contribution >= 0.6 is 0 Å². The van der Waals surface area contributed by atoms with E-state index in [1.807, 2.05) is 18.2 Å². The average Bonchev–Trinajstić information content (AvgIpc) is 2.68. The number of fused-ring (bicyclic) bond motifs is 3. The van der Waals surface area contributed by atoms with Crippen molar-refractivity contribution in [2.75, 3.05) is 0 Å². The molecule has 1 heterocycles. The van der Waals surface area contributed by atoms with Crippen LogP contribution in [-0.2, 0) is 6.42 Å². The number of hydrogen-bond acceptors (Lipinski definition) is 1. The van der Waals surface area contributed by atoms with Gasteiger partial charge in [-0.15, -0.1) is 0 Å². The summed E-state index contributed by atoms with van der Waals surface area (Å²) < 4.78 is 0. The van der Waals surface area contributed by atoms with E-state index in [4.69, 9.17) is 12.3 Å². The summed E-state index contributed by atoms with van der Waals surface area (Å²) >= 11 is 0. The number of nitrogens with two attached hydrogens (primary N) is 1. The molecule has 80 valence electrons. The largest absolute Gasteiger partial charge is 0.357 e. The molecule has 1 aliphatic carbocycles. The minimum Gasteiger partial charge on any atom is -0.357 e. The van der Waals surface area contributed by atoms with Gasteiger partial charge in [-0.2, -0.15) is 0 Å². The first-order valence-electron chi connectivity index (χ1n) is 5.57. The first kappa shape index (κ1) is 9.44. The van der Waals surface area contributed by atoms with Gasteiger partial charge >= 0.3 is 0 Å². The third-order valence-electron chi connectivity index (χ3n) is 3.36. The highest BCUT2D eigenvalue weighted by Gasteiger charge is 2.21. The first-order valence-corrected chi connectivity index (χ1v) is 5.57. The number of aromatic nitrogens is 1. The fourth-order valence-corrected chi connectivity index (χ4v) is 2.55. The Kier molecular flexibility index (Phi) is 1.98. The van der Waals surface area contributed by atoms with Crippen molar-refractivity contribution in [3.05, 3.63) is 40.9 Å². The molecule has 1 aliphatic rings. The third kappa shape index (κ3) is 1.24. The second kappa shape index (κ2) is 3.36. The molecule has 1 atom stereocenters. The lowest BCUT2D eigenvalue weighted by Gasteiger charge is -2.18. The predicted octanol–water partition coefficient (Wildman–Crippen LogP) is 3.05. The van der Waals surface area contributed by atoms with Gasteiger partial charge in [0, 0.05) is 17.3 Å². The predicted molar refractivity (Wildman–Crippen MR) is 64.4 cm³/mol. The summed E-state index contributed by atoms with van der Waals surface area (Å²) in [6.45, 7) is 7.04. The minimum atomic E-state index is 0.132. The lowest BCUT2D eigenvalue weighted by Crippen LogP contribution is -2.16. The quantitative estimate of drug-likeness (QED) is 0.646. The Labute approximate surface area is 94.1 Å². The van der Waals surface area contributed by atoms with Crippen LogP contribution in [0.5, 0.6) is 0 Å². The van der Waals surface area contributed by atoms with E-state index in [0.717, 1.165) is 24.8 Å². The number of aryl methyl sites for hydroxylation is 1. The highest BCUT2D eigenvalue weighted by molar-refractivity contribution is 5.88. The first-order chi connectivity index (χ1) is 7.79. The van der Waals surface area contributed by atoms with Crippen LogP contribution in [0.25, 0.3) is 15.7 Å². The highest BCUT2D eigenvalue weighted by Crippen LogP contribution is 2.34. The monoisotopic (exact) mass is 211 g/mol. The molecule has 1 aromatic heterocycles. The van der Waals surface area contributed by atoms with Crippen LogP contribution in [0.4, 0.5) is 5.69 Å². The van der Waals surface area contributed by atoms with Gasteiger partial charge in [0.2, 0.25) is 0 Å². The Bertz CT molecular complexity index is 589. The Morgan fingerprint density at radius 2 is 2.31 bits per heavy atom.